The van der Waals surface area contributed by atoms with E-state index in [1.54, 1.807) is 0 Å². The standard InChI is InChI=1S/C13H25NO3/c1-5-16-12(15)8-10(2)14-11-6-7-17-13(3,4)9-11/h10-11,14H,5-9H2,1-4H3. The molecule has 0 aromatic rings. The van der Waals surface area contributed by atoms with Crippen molar-refractivity contribution in [3.8, 4) is 0 Å². The van der Waals surface area contributed by atoms with Gasteiger partial charge in [-0.3, -0.25) is 4.79 Å². The van der Waals surface area contributed by atoms with Crippen molar-refractivity contribution in [2.45, 2.75) is 64.6 Å². The molecule has 0 amide bonds. The van der Waals surface area contributed by atoms with Crippen LogP contribution in [0.5, 0.6) is 0 Å². The van der Waals surface area contributed by atoms with Gasteiger partial charge in [-0.2, -0.15) is 0 Å². The van der Waals surface area contributed by atoms with Crippen LogP contribution in [0.25, 0.3) is 0 Å². The molecule has 0 aromatic heterocycles. The predicted octanol–water partition coefficient (Wildman–Crippen LogP) is 1.88. The fourth-order valence-electron chi connectivity index (χ4n) is 2.31. The molecule has 0 aliphatic carbocycles. The van der Waals surface area contributed by atoms with E-state index >= 15 is 0 Å². The SMILES string of the molecule is CCOC(=O)CC(C)NC1CCOC(C)(C)C1. The van der Waals surface area contributed by atoms with Crippen LogP contribution in [0.4, 0.5) is 0 Å². The Morgan fingerprint density at radius 2 is 2.29 bits per heavy atom. The first-order valence-electron chi connectivity index (χ1n) is 6.48. The van der Waals surface area contributed by atoms with Gasteiger partial charge in [0.2, 0.25) is 0 Å². The van der Waals surface area contributed by atoms with Crippen LogP contribution in [-0.2, 0) is 14.3 Å². The van der Waals surface area contributed by atoms with Crippen molar-refractivity contribution in [3.63, 3.8) is 0 Å². The quantitative estimate of drug-likeness (QED) is 0.749. The molecule has 2 atom stereocenters. The lowest BCUT2D eigenvalue weighted by Gasteiger charge is -2.37. The van der Waals surface area contributed by atoms with E-state index < -0.39 is 0 Å². The first kappa shape index (κ1) is 14.5. The highest BCUT2D eigenvalue weighted by atomic mass is 16.5. The molecule has 2 unspecified atom stereocenters. The monoisotopic (exact) mass is 243 g/mol. The van der Waals surface area contributed by atoms with Gasteiger partial charge in [-0.05, 0) is 40.5 Å². The molecule has 0 aromatic carbocycles. The van der Waals surface area contributed by atoms with E-state index in [4.69, 9.17) is 9.47 Å². The molecular weight excluding hydrogens is 218 g/mol. The third kappa shape index (κ3) is 5.50. The molecule has 100 valence electrons. The Morgan fingerprint density at radius 3 is 2.88 bits per heavy atom. The van der Waals surface area contributed by atoms with Crippen molar-refractivity contribution in [1.82, 2.24) is 5.32 Å². The van der Waals surface area contributed by atoms with Gasteiger partial charge in [0.1, 0.15) is 0 Å². The molecule has 1 N–H and O–H groups in total. The molecule has 0 saturated carbocycles. The maximum Gasteiger partial charge on any atom is 0.307 e. The first-order chi connectivity index (χ1) is 7.93. The number of hydrogen-bond acceptors (Lipinski definition) is 4. The van der Waals surface area contributed by atoms with Crippen LogP contribution in [0.1, 0.15) is 47.0 Å². The van der Waals surface area contributed by atoms with Crippen LogP contribution < -0.4 is 5.32 Å². The lowest BCUT2D eigenvalue weighted by Crippen LogP contribution is -2.47. The van der Waals surface area contributed by atoms with Crippen molar-refractivity contribution in [2.24, 2.45) is 0 Å². The highest BCUT2D eigenvalue weighted by molar-refractivity contribution is 5.70. The van der Waals surface area contributed by atoms with E-state index in [0.29, 0.717) is 19.1 Å². The second-order valence-corrected chi connectivity index (χ2v) is 5.37. The van der Waals surface area contributed by atoms with Gasteiger partial charge in [0.15, 0.2) is 0 Å². The number of hydrogen-bond donors (Lipinski definition) is 1. The van der Waals surface area contributed by atoms with Gasteiger partial charge >= 0.3 is 5.97 Å². The van der Waals surface area contributed by atoms with Crippen LogP contribution in [0.2, 0.25) is 0 Å². The minimum absolute atomic E-state index is 0.0560. The summed E-state index contributed by atoms with van der Waals surface area (Å²) in [5.74, 6) is -0.126. The minimum atomic E-state index is -0.126. The summed E-state index contributed by atoms with van der Waals surface area (Å²) in [5.41, 5.74) is -0.0560. The number of nitrogens with one attached hydrogen (secondary N) is 1. The lowest BCUT2D eigenvalue weighted by molar-refractivity contribution is -0.143. The average molecular weight is 243 g/mol. The van der Waals surface area contributed by atoms with E-state index in [1.165, 1.54) is 0 Å². The Bertz CT molecular complexity index is 253. The molecule has 1 rings (SSSR count). The predicted molar refractivity (Wildman–Crippen MR) is 66.9 cm³/mol. The van der Waals surface area contributed by atoms with E-state index in [9.17, 15) is 4.79 Å². The second-order valence-electron chi connectivity index (χ2n) is 5.37. The van der Waals surface area contributed by atoms with Crippen molar-refractivity contribution < 1.29 is 14.3 Å². The van der Waals surface area contributed by atoms with Gasteiger partial charge in [-0.15, -0.1) is 0 Å². The lowest BCUT2D eigenvalue weighted by atomic mass is 9.93. The topological polar surface area (TPSA) is 47.6 Å². The van der Waals surface area contributed by atoms with Gasteiger partial charge in [0.25, 0.3) is 0 Å². The van der Waals surface area contributed by atoms with Crippen LogP contribution in [0.15, 0.2) is 0 Å². The molecule has 1 aliphatic rings. The van der Waals surface area contributed by atoms with Crippen LogP contribution in [0.3, 0.4) is 0 Å². The zero-order valence-electron chi connectivity index (χ0n) is 11.4. The molecule has 1 saturated heterocycles. The van der Waals surface area contributed by atoms with E-state index in [1.807, 2.05) is 13.8 Å². The fraction of sp³-hybridized carbons (Fsp3) is 0.923. The van der Waals surface area contributed by atoms with Gasteiger partial charge in [0.05, 0.1) is 18.6 Å². The molecule has 1 fully saturated rings. The van der Waals surface area contributed by atoms with E-state index in [-0.39, 0.29) is 17.6 Å². The summed E-state index contributed by atoms with van der Waals surface area (Å²) < 4.78 is 10.6. The van der Waals surface area contributed by atoms with Gasteiger partial charge in [-0.25, -0.2) is 0 Å². The molecular formula is C13H25NO3. The Balaban J connectivity index is 2.30. The van der Waals surface area contributed by atoms with Crippen LogP contribution >= 0.6 is 0 Å². The molecule has 1 heterocycles. The number of carbonyl (C=O) groups is 1. The van der Waals surface area contributed by atoms with E-state index in [2.05, 4.69) is 19.2 Å². The number of rotatable bonds is 5. The average Bonchev–Trinajstić information content (AvgIpc) is 2.15. The highest BCUT2D eigenvalue weighted by Crippen LogP contribution is 2.24. The van der Waals surface area contributed by atoms with Crippen molar-refractivity contribution in [2.75, 3.05) is 13.2 Å². The summed E-state index contributed by atoms with van der Waals surface area (Å²) >= 11 is 0. The maximum atomic E-state index is 11.3. The Hall–Kier alpha value is -0.610. The third-order valence-corrected chi connectivity index (χ3v) is 3.00. The summed E-state index contributed by atoms with van der Waals surface area (Å²) in [5, 5.41) is 3.48. The molecule has 0 spiro atoms. The summed E-state index contributed by atoms with van der Waals surface area (Å²) in [6, 6.07) is 0.594. The van der Waals surface area contributed by atoms with Gasteiger partial charge < -0.3 is 14.8 Å². The fourth-order valence-corrected chi connectivity index (χ4v) is 2.31. The molecule has 1 aliphatic heterocycles. The number of carbonyl (C=O) groups excluding carboxylic acids is 1. The normalized spacial score (nSPS) is 25.3. The summed E-state index contributed by atoms with van der Waals surface area (Å²) in [4.78, 5) is 11.3. The summed E-state index contributed by atoms with van der Waals surface area (Å²) in [6.07, 6.45) is 2.43. The Morgan fingerprint density at radius 1 is 1.59 bits per heavy atom. The molecule has 0 bridgehead atoms. The smallest absolute Gasteiger partial charge is 0.307 e. The maximum absolute atomic E-state index is 11.3. The van der Waals surface area contributed by atoms with Crippen LogP contribution in [-0.4, -0.2) is 36.9 Å². The minimum Gasteiger partial charge on any atom is -0.466 e. The van der Waals surface area contributed by atoms with Gasteiger partial charge in [0, 0.05) is 18.7 Å². The third-order valence-electron chi connectivity index (χ3n) is 3.00. The van der Waals surface area contributed by atoms with Gasteiger partial charge in [-0.1, -0.05) is 0 Å². The molecule has 17 heavy (non-hydrogen) atoms. The molecule has 4 heteroatoms. The number of esters is 1. The van der Waals surface area contributed by atoms with Crippen molar-refractivity contribution >= 4 is 5.97 Å². The van der Waals surface area contributed by atoms with E-state index in [0.717, 1.165) is 19.4 Å². The largest absolute Gasteiger partial charge is 0.466 e. The molecule has 4 nitrogen and oxygen atoms in total. The van der Waals surface area contributed by atoms with Crippen LogP contribution in [0, 0.1) is 0 Å². The highest BCUT2D eigenvalue weighted by Gasteiger charge is 2.29. The number of ether oxygens (including phenoxy) is 2. The summed E-state index contributed by atoms with van der Waals surface area (Å²) in [6.45, 7) is 9.32. The zero-order valence-corrected chi connectivity index (χ0v) is 11.4. The Labute approximate surface area is 104 Å². The zero-order chi connectivity index (χ0) is 12.9. The second kappa shape index (κ2) is 6.36. The first-order valence-corrected chi connectivity index (χ1v) is 6.48. The summed E-state index contributed by atoms with van der Waals surface area (Å²) in [7, 11) is 0. The molecule has 0 radical (unpaired) electrons. The van der Waals surface area contributed by atoms with Crippen molar-refractivity contribution in [1.29, 1.82) is 0 Å². The Kier molecular flexibility index (Phi) is 5.40. The van der Waals surface area contributed by atoms with Crippen molar-refractivity contribution in [3.05, 3.63) is 0 Å².